The van der Waals surface area contributed by atoms with Gasteiger partial charge in [0, 0.05) is 38.6 Å². The van der Waals surface area contributed by atoms with E-state index in [-0.39, 0.29) is 6.04 Å². The molecule has 0 aliphatic carbocycles. The van der Waals surface area contributed by atoms with E-state index in [1.54, 1.807) is 13.3 Å². The Balaban J connectivity index is 2.12. The molecule has 0 saturated heterocycles. The summed E-state index contributed by atoms with van der Waals surface area (Å²) in [6.45, 7) is 4.39. The van der Waals surface area contributed by atoms with Crippen LogP contribution in [0.2, 0.25) is 0 Å². The number of methoxy groups -OCH3 is 1. The number of hydrogen-bond donors (Lipinski definition) is 1. The minimum absolute atomic E-state index is 0.00401. The highest BCUT2D eigenvalue weighted by atomic mass is 16.5. The molecule has 0 aliphatic heterocycles. The van der Waals surface area contributed by atoms with Crippen LogP contribution in [0.15, 0.2) is 18.3 Å². The summed E-state index contributed by atoms with van der Waals surface area (Å²) in [7, 11) is 1.68. The lowest BCUT2D eigenvalue weighted by atomic mass is 10.2. The average molecular weight is 254 g/mol. The van der Waals surface area contributed by atoms with Crippen molar-refractivity contribution >= 4 is 0 Å². The molecule has 0 unspecified atom stereocenters. The topological polar surface area (TPSA) is 66.6 Å². The highest BCUT2D eigenvalue weighted by Gasteiger charge is 2.00. The fourth-order valence-corrected chi connectivity index (χ4v) is 1.36. The van der Waals surface area contributed by atoms with Gasteiger partial charge in [-0.25, -0.2) is 4.98 Å². The highest BCUT2D eigenvalue weighted by Crippen LogP contribution is 2.12. The molecule has 0 aliphatic rings. The summed E-state index contributed by atoms with van der Waals surface area (Å²) in [5, 5.41) is 0. The van der Waals surface area contributed by atoms with Gasteiger partial charge in [-0.2, -0.15) is 0 Å². The first-order valence-corrected chi connectivity index (χ1v) is 6.15. The Labute approximate surface area is 108 Å². The van der Waals surface area contributed by atoms with Gasteiger partial charge in [0.05, 0.1) is 6.61 Å². The number of nitrogens with zero attached hydrogens (tertiary/aromatic N) is 1. The maximum absolute atomic E-state index is 5.73. The molecule has 1 heterocycles. The number of rotatable bonds is 9. The third-order valence-electron chi connectivity index (χ3n) is 2.40. The van der Waals surface area contributed by atoms with Crippen LogP contribution in [0.3, 0.4) is 0 Å². The number of ether oxygens (including phenoxy) is 3. The monoisotopic (exact) mass is 254 g/mol. The van der Waals surface area contributed by atoms with E-state index in [0.717, 1.165) is 18.6 Å². The lowest BCUT2D eigenvalue weighted by Gasteiger charge is -2.08. The van der Waals surface area contributed by atoms with Crippen LogP contribution in [0.25, 0.3) is 0 Å². The molecule has 0 bridgehead atoms. The van der Waals surface area contributed by atoms with Crippen molar-refractivity contribution in [1.82, 2.24) is 4.98 Å². The molecule has 102 valence electrons. The zero-order valence-electron chi connectivity index (χ0n) is 11.1. The molecule has 0 amide bonds. The summed E-state index contributed by atoms with van der Waals surface area (Å²) >= 11 is 0. The first kappa shape index (κ1) is 14.9. The van der Waals surface area contributed by atoms with Crippen LogP contribution in [0.4, 0.5) is 0 Å². The lowest BCUT2D eigenvalue weighted by molar-refractivity contribution is 0.0795. The van der Waals surface area contributed by atoms with E-state index in [4.69, 9.17) is 19.9 Å². The molecule has 1 rings (SSSR count). The van der Waals surface area contributed by atoms with Gasteiger partial charge in [0.25, 0.3) is 0 Å². The molecule has 18 heavy (non-hydrogen) atoms. The Bertz CT molecular complexity index is 315. The standard InChI is InChI=1S/C13H22N2O3/c1-11(14)12-4-5-13(15-10-12)18-9-8-17-7-3-6-16-2/h4-5,10-11H,3,6-9,14H2,1-2H3/t11-/m1/s1. The van der Waals surface area contributed by atoms with Crippen molar-refractivity contribution in [1.29, 1.82) is 0 Å². The molecule has 0 fully saturated rings. The van der Waals surface area contributed by atoms with E-state index >= 15 is 0 Å². The smallest absolute Gasteiger partial charge is 0.213 e. The van der Waals surface area contributed by atoms with E-state index < -0.39 is 0 Å². The van der Waals surface area contributed by atoms with Crippen molar-refractivity contribution in [2.24, 2.45) is 5.73 Å². The molecule has 0 aromatic carbocycles. The highest BCUT2D eigenvalue weighted by molar-refractivity contribution is 5.19. The van der Waals surface area contributed by atoms with Crippen molar-refractivity contribution in [2.45, 2.75) is 19.4 Å². The van der Waals surface area contributed by atoms with Crippen molar-refractivity contribution in [3.05, 3.63) is 23.9 Å². The molecule has 5 heteroatoms. The van der Waals surface area contributed by atoms with Gasteiger partial charge in [0.2, 0.25) is 5.88 Å². The Morgan fingerprint density at radius 2 is 2.06 bits per heavy atom. The van der Waals surface area contributed by atoms with Gasteiger partial charge < -0.3 is 19.9 Å². The van der Waals surface area contributed by atoms with Gasteiger partial charge in [-0.1, -0.05) is 6.07 Å². The Morgan fingerprint density at radius 3 is 2.67 bits per heavy atom. The van der Waals surface area contributed by atoms with Gasteiger partial charge in [0.15, 0.2) is 0 Å². The van der Waals surface area contributed by atoms with Gasteiger partial charge in [-0.15, -0.1) is 0 Å². The van der Waals surface area contributed by atoms with E-state index in [9.17, 15) is 0 Å². The lowest BCUT2D eigenvalue weighted by Crippen LogP contribution is -2.10. The second-order valence-corrected chi connectivity index (χ2v) is 4.03. The van der Waals surface area contributed by atoms with Gasteiger partial charge in [0.1, 0.15) is 6.61 Å². The molecule has 1 aromatic heterocycles. The maximum Gasteiger partial charge on any atom is 0.213 e. The van der Waals surface area contributed by atoms with E-state index in [1.807, 2.05) is 19.1 Å². The van der Waals surface area contributed by atoms with Crippen molar-refractivity contribution in [3.63, 3.8) is 0 Å². The predicted molar refractivity (Wildman–Crippen MR) is 69.6 cm³/mol. The molecular weight excluding hydrogens is 232 g/mol. The van der Waals surface area contributed by atoms with Gasteiger partial charge >= 0.3 is 0 Å². The Morgan fingerprint density at radius 1 is 1.22 bits per heavy atom. The number of aromatic nitrogens is 1. The molecule has 1 aromatic rings. The molecule has 2 N–H and O–H groups in total. The van der Waals surface area contributed by atoms with Crippen molar-refractivity contribution in [2.75, 3.05) is 33.5 Å². The zero-order valence-corrected chi connectivity index (χ0v) is 11.1. The second kappa shape index (κ2) is 8.85. The van der Waals surface area contributed by atoms with Crippen LogP contribution in [0.5, 0.6) is 5.88 Å². The van der Waals surface area contributed by atoms with E-state index in [2.05, 4.69) is 4.98 Å². The van der Waals surface area contributed by atoms with E-state index in [1.165, 1.54) is 0 Å². The summed E-state index contributed by atoms with van der Waals surface area (Å²) < 4.78 is 15.7. The maximum atomic E-state index is 5.73. The van der Waals surface area contributed by atoms with Gasteiger partial charge in [-0.3, -0.25) is 0 Å². The van der Waals surface area contributed by atoms with E-state index in [0.29, 0.717) is 25.7 Å². The normalized spacial score (nSPS) is 12.4. The van der Waals surface area contributed by atoms with Crippen LogP contribution in [-0.2, 0) is 9.47 Å². The largest absolute Gasteiger partial charge is 0.475 e. The molecule has 5 nitrogen and oxygen atoms in total. The van der Waals surface area contributed by atoms with Crippen molar-refractivity contribution in [3.8, 4) is 5.88 Å². The Hall–Kier alpha value is -1.17. The summed E-state index contributed by atoms with van der Waals surface area (Å²) in [6.07, 6.45) is 2.64. The van der Waals surface area contributed by atoms with Crippen LogP contribution in [-0.4, -0.2) is 38.5 Å². The minimum atomic E-state index is -0.00401. The summed E-state index contributed by atoms with van der Waals surface area (Å²) in [5.74, 6) is 0.597. The molecular formula is C13H22N2O3. The third-order valence-corrected chi connectivity index (χ3v) is 2.40. The fraction of sp³-hybridized carbons (Fsp3) is 0.615. The minimum Gasteiger partial charge on any atom is -0.475 e. The van der Waals surface area contributed by atoms with Crippen molar-refractivity contribution < 1.29 is 14.2 Å². The summed E-state index contributed by atoms with van der Waals surface area (Å²) in [6, 6.07) is 3.74. The molecule has 1 atom stereocenters. The predicted octanol–water partition coefficient (Wildman–Crippen LogP) is 1.53. The first-order chi connectivity index (χ1) is 8.74. The number of pyridine rings is 1. The Kier molecular flexibility index (Phi) is 7.32. The SMILES string of the molecule is COCCCOCCOc1ccc([C@@H](C)N)cn1. The number of hydrogen-bond acceptors (Lipinski definition) is 5. The third kappa shape index (κ3) is 5.95. The van der Waals surface area contributed by atoms with Crippen LogP contribution < -0.4 is 10.5 Å². The number of nitrogens with two attached hydrogens (primary N) is 1. The molecule has 0 spiro atoms. The molecule has 0 radical (unpaired) electrons. The first-order valence-electron chi connectivity index (χ1n) is 6.15. The molecule has 0 saturated carbocycles. The average Bonchev–Trinajstić information content (AvgIpc) is 2.38. The van der Waals surface area contributed by atoms with Crippen LogP contribution >= 0.6 is 0 Å². The zero-order chi connectivity index (χ0) is 13.2. The van der Waals surface area contributed by atoms with Crippen LogP contribution in [0, 0.1) is 0 Å². The van der Waals surface area contributed by atoms with Crippen LogP contribution in [0.1, 0.15) is 24.9 Å². The fourth-order valence-electron chi connectivity index (χ4n) is 1.36. The summed E-state index contributed by atoms with van der Waals surface area (Å²) in [4.78, 5) is 4.17. The summed E-state index contributed by atoms with van der Waals surface area (Å²) in [5.41, 5.74) is 6.73. The van der Waals surface area contributed by atoms with Gasteiger partial charge in [-0.05, 0) is 18.9 Å². The second-order valence-electron chi connectivity index (χ2n) is 4.03. The quantitative estimate of drug-likeness (QED) is 0.677.